The molecule has 3 fully saturated rings. The van der Waals surface area contributed by atoms with Crippen LogP contribution < -0.4 is 0 Å². The molecule has 1 aromatic rings. The van der Waals surface area contributed by atoms with Crippen molar-refractivity contribution in [3.05, 3.63) is 35.4 Å². The second-order valence-electron chi connectivity index (χ2n) is 7.39. The van der Waals surface area contributed by atoms with E-state index >= 15 is 0 Å². The van der Waals surface area contributed by atoms with Crippen LogP contribution in [0.5, 0.6) is 0 Å². The van der Waals surface area contributed by atoms with Crippen molar-refractivity contribution in [1.29, 1.82) is 0 Å². The Morgan fingerprint density at radius 1 is 0.850 bits per heavy atom. The summed E-state index contributed by atoms with van der Waals surface area (Å²) in [4.78, 5) is 0. The van der Waals surface area contributed by atoms with Gasteiger partial charge in [-0.1, -0.05) is 43.5 Å². The first kappa shape index (κ1) is 13.2. The van der Waals surface area contributed by atoms with E-state index in [-0.39, 0.29) is 5.38 Å². The first-order valence-electron chi connectivity index (χ1n) is 8.55. The van der Waals surface area contributed by atoms with Gasteiger partial charge in [0.15, 0.2) is 0 Å². The Balaban J connectivity index is 1.43. The zero-order valence-electron chi connectivity index (χ0n) is 12.2. The van der Waals surface area contributed by atoms with Gasteiger partial charge in [-0.15, -0.1) is 11.6 Å². The lowest BCUT2D eigenvalue weighted by atomic mass is 9.83. The maximum Gasteiger partial charge on any atom is 0.0613 e. The van der Waals surface area contributed by atoms with Crippen LogP contribution in [0.15, 0.2) is 24.3 Å². The highest BCUT2D eigenvalue weighted by Crippen LogP contribution is 2.58. The van der Waals surface area contributed by atoms with Crippen LogP contribution in [0.4, 0.5) is 0 Å². The number of rotatable bonds is 3. The van der Waals surface area contributed by atoms with Gasteiger partial charge in [0.05, 0.1) is 5.38 Å². The fraction of sp³-hybridized carbons (Fsp3) is 0.684. The van der Waals surface area contributed by atoms with Crippen molar-refractivity contribution in [3.8, 4) is 0 Å². The van der Waals surface area contributed by atoms with Crippen LogP contribution in [0.3, 0.4) is 0 Å². The summed E-state index contributed by atoms with van der Waals surface area (Å²) in [7, 11) is 0. The zero-order valence-corrected chi connectivity index (χ0v) is 13.0. The molecule has 3 atom stereocenters. The summed E-state index contributed by atoms with van der Waals surface area (Å²) in [5.74, 6) is 3.61. The van der Waals surface area contributed by atoms with E-state index in [2.05, 4.69) is 24.3 Å². The second-order valence-corrected chi connectivity index (χ2v) is 7.86. The molecule has 3 saturated carbocycles. The van der Waals surface area contributed by atoms with Gasteiger partial charge in [0.1, 0.15) is 0 Å². The third-order valence-electron chi connectivity index (χ3n) is 6.03. The van der Waals surface area contributed by atoms with E-state index in [1.165, 1.54) is 56.9 Å². The first-order chi connectivity index (χ1) is 9.81. The van der Waals surface area contributed by atoms with Crippen molar-refractivity contribution in [1.82, 2.24) is 0 Å². The van der Waals surface area contributed by atoms with Crippen LogP contribution in [-0.2, 0) is 0 Å². The van der Waals surface area contributed by atoms with E-state index in [0.29, 0.717) is 0 Å². The van der Waals surface area contributed by atoms with E-state index in [4.69, 9.17) is 11.6 Å². The molecule has 0 spiro atoms. The normalized spacial score (nSPS) is 34.8. The number of halogens is 1. The SMILES string of the molecule is ClC(c1ccc(C2CCCCC2)cc1)C1CC2CC2C1. The smallest absolute Gasteiger partial charge is 0.0613 e. The standard InChI is InChI=1S/C19H25Cl/c20-19(18-11-16-10-17(16)12-18)15-8-6-14(7-9-15)13-4-2-1-3-5-13/h6-9,13,16-19H,1-5,10-12H2. The molecule has 0 aromatic heterocycles. The lowest BCUT2D eigenvalue weighted by Crippen LogP contribution is -2.07. The van der Waals surface area contributed by atoms with Crippen molar-refractivity contribution in [2.45, 2.75) is 62.7 Å². The Kier molecular flexibility index (Phi) is 3.54. The highest BCUT2D eigenvalue weighted by Gasteiger charge is 2.47. The molecule has 0 saturated heterocycles. The quantitative estimate of drug-likeness (QED) is 0.593. The molecule has 0 N–H and O–H groups in total. The monoisotopic (exact) mass is 288 g/mol. The molecule has 3 aliphatic rings. The molecule has 0 aliphatic heterocycles. The maximum absolute atomic E-state index is 6.74. The maximum atomic E-state index is 6.74. The number of alkyl halides is 1. The van der Waals surface area contributed by atoms with Gasteiger partial charge in [0, 0.05) is 0 Å². The molecule has 0 amide bonds. The summed E-state index contributed by atoms with van der Waals surface area (Å²) < 4.78 is 0. The van der Waals surface area contributed by atoms with Crippen molar-refractivity contribution < 1.29 is 0 Å². The van der Waals surface area contributed by atoms with E-state index in [1.807, 2.05) is 0 Å². The van der Waals surface area contributed by atoms with Crippen LogP contribution in [0.2, 0.25) is 0 Å². The Morgan fingerprint density at radius 2 is 1.50 bits per heavy atom. The van der Waals surface area contributed by atoms with Crippen molar-refractivity contribution in [2.24, 2.45) is 17.8 Å². The summed E-state index contributed by atoms with van der Waals surface area (Å²) in [6.45, 7) is 0. The van der Waals surface area contributed by atoms with Gasteiger partial charge in [-0.25, -0.2) is 0 Å². The molecule has 108 valence electrons. The Labute approximate surface area is 127 Å². The number of fused-ring (bicyclic) bond motifs is 1. The van der Waals surface area contributed by atoms with Crippen LogP contribution in [0.1, 0.15) is 73.8 Å². The number of hydrogen-bond acceptors (Lipinski definition) is 0. The lowest BCUT2D eigenvalue weighted by Gasteiger charge is -2.23. The minimum atomic E-state index is 0.253. The Morgan fingerprint density at radius 3 is 2.15 bits per heavy atom. The molecule has 0 nitrogen and oxygen atoms in total. The minimum Gasteiger partial charge on any atom is -0.118 e. The van der Waals surface area contributed by atoms with Crippen molar-refractivity contribution in [3.63, 3.8) is 0 Å². The highest BCUT2D eigenvalue weighted by molar-refractivity contribution is 6.21. The van der Waals surface area contributed by atoms with Gasteiger partial charge >= 0.3 is 0 Å². The van der Waals surface area contributed by atoms with Gasteiger partial charge in [-0.3, -0.25) is 0 Å². The predicted octanol–water partition coefficient (Wildman–Crippen LogP) is 6.06. The van der Waals surface area contributed by atoms with Crippen LogP contribution >= 0.6 is 11.6 Å². The molecule has 1 aromatic carbocycles. The average molecular weight is 289 g/mol. The third kappa shape index (κ3) is 2.52. The molecule has 1 heteroatoms. The van der Waals surface area contributed by atoms with Gasteiger partial charge in [-0.05, 0) is 66.9 Å². The number of benzene rings is 1. The molecule has 20 heavy (non-hydrogen) atoms. The van der Waals surface area contributed by atoms with E-state index in [9.17, 15) is 0 Å². The molecular formula is C19H25Cl. The topological polar surface area (TPSA) is 0 Å². The first-order valence-corrected chi connectivity index (χ1v) is 8.99. The van der Waals surface area contributed by atoms with Gasteiger partial charge in [0.2, 0.25) is 0 Å². The summed E-state index contributed by atoms with van der Waals surface area (Å²) >= 11 is 6.74. The zero-order chi connectivity index (χ0) is 13.5. The van der Waals surface area contributed by atoms with Crippen molar-refractivity contribution >= 4 is 11.6 Å². The molecule has 4 rings (SSSR count). The van der Waals surface area contributed by atoms with E-state index in [1.54, 1.807) is 5.56 Å². The summed E-state index contributed by atoms with van der Waals surface area (Å²) in [6, 6.07) is 9.34. The molecule has 0 radical (unpaired) electrons. The van der Waals surface area contributed by atoms with E-state index < -0.39 is 0 Å². The van der Waals surface area contributed by atoms with Gasteiger partial charge in [0.25, 0.3) is 0 Å². The summed E-state index contributed by atoms with van der Waals surface area (Å²) in [5.41, 5.74) is 2.91. The number of hydrogen-bond donors (Lipinski definition) is 0. The minimum absolute atomic E-state index is 0.253. The summed E-state index contributed by atoms with van der Waals surface area (Å²) in [6.07, 6.45) is 11.3. The van der Waals surface area contributed by atoms with E-state index in [0.717, 1.165) is 23.7 Å². The largest absolute Gasteiger partial charge is 0.118 e. The second kappa shape index (κ2) is 5.37. The molecule has 3 aliphatic carbocycles. The van der Waals surface area contributed by atoms with Crippen LogP contribution in [0.25, 0.3) is 0 Å². The van der Waals surface area contributed by atoms with Gasteiger partial charge in [-0.2, -0.15) is 0 Å². The molecule has 3 unspecified atom stereocenters. The molecular weight excluding hydrogens is 264 g/mol. The van der Waals surface area contributed by atoms with Crippen LogP contribution in [-0.4, -0.2) is 0 Å². The Hall–Kier alpha value is -0.490. The van der Waals surface area contributed by atoms with Gasteiger partial charge < -0.3 is 0 Å². The third-order valence-corrected chi connectivity index (χ3v) is 6.63. The molecule has 0 bridgehead atoms. The lowest BCUT2D eigenvalue weighted by molar-refractivity contribution is 0.443. The fourth-order valence-corrected chi connectivity index (χ4v) is 5.01. The molecule has 0 heterocycles. The average Bonchev–Trinajstić information content (AvgIpc) is 3.13. The van der Waals surface area contributed by atoms with Crippen molar-refractivity contribution in [2.75, 3.05) is 0 Å². The Bertz CT molecular complexity index is 447. The van der Waals surface area contributed by atoms with Crippen LogP contribution in [0, 0.1) is 17.8 Å². The fourth-order valence-electron chi connectivity index (χ4n) is 4.66. The summed E-state index contributed by atoms with van der Waals surface area (Å²) in [5, 5.41) is 0.253. The highest BCUT2D eigenvalue weighted by atomic mass is 35.5. The predicted molar refractivity (Wildman–Crippen MR) is 85.2 cm³/mol.